The van der Waals surface area contributed by atoms with Crippen LogP contribution in [0.4, 0.5) is 0 Å². The highest BCUT2D eigenvalue weighted by molar-refractivity contribution is 7.99. The molecule has 4 nitrogen and oxygen atoms in total. The van der Waals surface area contributed by atoms with Crippen molar-refractivity contribution in [2.24, 2.45) is 0 Å². The van der Waals surface area contributed by atoms with Gasteiger partial charge in [0.25, 0.3) is 0 Å². The van der Waals surface area contributed by atoms with Crippen molar-refractivity contribution in [2.75, 3.05) is 11.6 Å². The number of thioether (sulfide) groups is 1. The number of hydrogen-bond donors (Lipinski definition) is 1. The summed E-state index contributed by atoms with van der Waals surface area (Å²) in [5.41, 5.74) is 1.22. The Labute approximate surface area is 128 Å². The Bertz CT molecular complexity index is 746. The third-order valence-electron chi connectivity index (χ3n) is 3.40. The second-order valence-corrected chi connectivity index (χ2v) is 5.99. The molecule has 0 fully saturated rings. The summed E-state index contributed by atoms with van der Waals surface area (Å²) in [6.07, 6.45) is 1.79. The molecular formula is C16H18N4S. The molecule has 108 valence electrons. The molecule has 0 saturated carbocycles. The smallest absolute Gasteiger partial charge is 0.209 e. The van der Waals surface area contributed by atoms with Crippen molar-refractivity contribution in [2.45, 2.75) is 24.9 Å². The topological polar surface area (TPSA) is 56.7 Å². The number of hydrogen-bond acceptors (Lipinski definition) is 4. The number of benzene rings is 2. The van der Waals surface area contributed by atoms with E-state index in [0.29, 0.717) is 6.42 Å². The van der Waals surface area contributed by atoms with Crippen molar-refractivity contribution in [3.63, 3.8) is 0 Å². The van der Waals surface area contributed by atoms with Crippen molar-refractivity contribution in [1.29, 1.82) is 0 Å². The predicted octanol–water partition coefficient (Wildman–Crippen LogP) is 3.24. The van der Waals surface area contributed by atoms with Gasteiger partial charge < -0.3 is 5.84 Å². The Hall–Kier alpha value is -2.01. The van der Waals surface area contributed by atoms with Crippen LogP contribution in [-0.2, 0) is 6.42 Å². The standard InChI is InChI=1S/C16H18N4S/c1-2-10-21-16-19-18-15(20(16)17)11-13-8-5-7-12-6-3-4-9-14(12)13/h3-9H,2,10-11,17H2,1H3. The number of fused-ring (bicyclic) bond motifs is 1. The molecule has 0 amide bonds. The summed E-state index contributed by atoms with van der Waals surface area (Å²) in [6.45, 7) is 2.14. The van der Waals surface area contributed by atoms with Crippen LogP contribution in [0.15, 0.2) is 47.6 Å². The van der Waals surface area contributed by atoms with Gasteiger partial charge in [0.1, 0.15) is 0 Å². The van der Waals surface area contributed by atoms with E-state index in [0.717, 1.165) is 23.2 Å². The molecule has 1 aromatic heterocycles. The van der Waals surface area contributed by atoms with E-state index in [4.69, 9.17) is 5.84 Å². The fourth-order valence-corrected chi connectivity index (χ4v) is 3.07. The molecule has 0 aliphatic rings. The highest BCUT2D eigenvalue weighted by Crippen LogP contribution is 2.22. The molecule has 0 saturated heterocycles. The molecule has 3 aromatic rings. The average molecular weight is 298 g/mol. The molecule has 3 rings (SSSR count). The van der Waals surface area contributed by atoms with Gasteiger partial charge in [0.2, 0.25) is 5.16 Å². The van der Waals surface area contributed by atoms with Crippen LogP contribution in [0.25, 0.3) is 10.8 Å². The van der Waals surface area contributed by atoms with Gasteiger partial charge in [-0.15, -0.1) is 10.2 Å². The van der Waals surface area contributed by atoms with Gasteiger partial charge in [0.15, 0.2) is 5.82 Å². The van der Waals surface area contributed by atoms with Crippen molar-refractivity contribution < 1.29 is 0 Å². The molecule has 5 heteroatoms. The number of nitrogens with zero attached hydrogens (tertiary/aromatic N) is 3. The van der Waals surface area contributed by atoms with Gasteiger partial charge >= 0.3 is 0 Å². The van der Waals surface area contributed by atoms with Crippen LogP contribution in [0.1, 0.15) is 24.7 Å². The van der Waals surface area contributed by atoms with Gasteiger partial charge in [-0.25, -0.2) is 4.68 Å². The summed E-state index contributed by atoms with van der Waals surface area (Å²) < 4.78 is 1.61. The Kier molecular flexibility index (Phi) is 4.10. The fourth-order valence-electron chi connectivity index (χ4n) is 2.34. The maximum Gasteiger partial charge on any atom is 0.209 e. The molecule has 1 heterocycles. The maximum atomic E-state index is 6.11. The molecular weight excluding hydrogens is 280 g/mol. The van der Waals surface area contributed by atoms with Crippen molar-refractivity contribution in [1.82, 2.24) is 14.9 Å². The van der Waals surface area contributed by atoms with Gasteiger partial charge in [-0.2, -0.15) is 0 Å². The predicted molar refractivity (Wildman–Crippen MR) is 87.9 cm³/mol. The molecule has 0 aliphatic carbocycles. The normalized spacial score (nSPS) is 11.1. The van der Waals surface area contributed by atoms with E-state index in [9.17, 15) is 0 Å². The lowest BCUT2D eigenvalue weighted by molar-refractivity contribution is 0.806. The summed E-state index contributed by atoms with van der Waals surface area (Å²) in [7, 11) is 0. The van der Waals surface area contributed by atoms with Gasteiger partial charge in [0.05, 0.1) is 0 Å². The van der Waals surface area contributed by atoms with Crippen LogP contribution in [0.2, 0.25) is 0 Å². The first kappa shape index (κ1) is 13.9. The first-order valence-electron chi connectivity index (χ1n) is 7.08. The molecule has 0 aliphatic heterocycles. The summed E-state index contributed by atoms with van der Waals surface area (Å²) in [6, 6.07) is 14.7. The molecule has 21 heavy (non-hydrogen) atoms. The summed E-state index contributed by atoms with van der Waals surface area (Å²) in [5, 5.41) is 11.7. The molecule has 0 atom stereocenters. The van der Waals surface area contributed by atoms with Crippen LogP contribution in [0.3, 0.4) is 0 Å². The number of nitrogens with two attached hydrogens (primary N) is 1. The zero-order valence-corrected chi connectivity index (χ0v) is 12.8. The molecule has 0 unspecified atom stereocenters. The largest absolute Gasteiger partial charge is 0.336 e. The first-order chi connectivity index (χ1) is 10.3. The fraction of sp³-hybridized carbons (Fsp3) is 0.250. The first-order valence-corrected chi connectivity index (χ1v) is 8.07. The van der Waals surface area contributed by atoms with E-state index in [-0.39, 0.29) is 0 Å². The zero-order chi connectivity index (χ0) is 14.7. The van der Waals surface area contributed by atoms with E-state index < -0.39 is 0 Å². The Morgan fingerprint density at radius 3 is 2.76 bits per heavy atom. The van der Waals surface area contributed by atoms with Gasteiger partial charge in [-0.3, -0.25) is 0 Å². The minimum Gasteiger partial charge on any atom is -0.336 e. The second kappa shape index (κ2) is 6.18. The van der Waals surface area contributed by atoms with Crippen molar-refractivity contribution in [3.8, 4) is 0 Å². The van der Waals surface area contributed by atoms with Gasteiger partial charge in [-0.1, -0.05) is 61.2 Å². The van der Waals surface area contributed by atoms with E-state index in [1.807, 2.05) is 0 Å². The zero-order valence-electron chi connectivity index (χ0n) is 12.0. The van der Waals surface area contributed by atoms with Crippen LogP contribution < -0.4 is 5.84 Å². The average Bonchev–Trinajstić information content (AvgIpc) is 2.86. The van der Waals surface area contributed by atoms with Crippen LogP contribution >= 0.6 is 11.8 Å². The van der Waals surface area contributed by atoms with Gasteiger partial charge in [-0.05, 0) is 22.8 Å². The third kappa shape index (κ3) is 2.88. The lowest BCUT2D eigenvalue weighted by Gasteiger charge is -2.06. The number of rotatable bonds is 5. The molecule has 0 radical (unpaired) electrons. The Morgan fingerprint density at radius 2 is 1.90 bits per heavy atom. The van der Waals surface area contributed by atoms with Crippen LogP contribution in [0, 0.1) is 0 Å². The maximum absolute atomic E-state index is 6.11. The summed E-state index contributed by atoms with van der Waals surface area (Å²) in [4.78, 5) is 0. The van der Waals surface area contributed by atoms with E-state index in [2.05, 4.69) is 59.6 Å². The highest BCUT2D eigenvalue weighted by Gasteiger charge is 2.11. The molecule has 2 aromatic carbocycles. The molecule has 2 N–H and O–H groups in total. The minimum atomic E-state index is 0.692. The van der Waals surface area contributed by atoms with E-state index in [1.54, 1.807) is 16.4 Å². The Morgan fingerprint density at radius 1 is 1.10 bits per heavy atom. The van der Waals surface area contributed by atoms with Crippen LogP contribution in [0.5, 0.6) is 0 Å². The number of nitrogen functional groups attached to an aromatic ring is 1. The monoisotopic (exact) mass is 298 g/mol. The van der Waals surface area contributed by atoms with Crippen molar-refractivity contribution in [3.05, 3.63) is 53.9 Å². The van der Waals surface area contributed by atoms with E-state index >= 15 is 0 Å². The van der Waals surface area contributed by atoms with E-state index in [1.165, 1.54) is 16.3 Å². The minimum absolute atomic E-state index is 0.692. The SMILES string of the molecule is CCCSc1nnc(Cc2cccc3ccccc23)n1N. The third-order valence-corrected chi connectivity index (χ3v) is 4.55. The Balaban J connectivity index is 1.90. The lowest BCUT2D eigenvalue weighted by Crippen LogP contribution is -2.14. The van der Waals surface area contributed by atoms with Gasteiger partial charge in [0, 0.05) is 12.2 Å². The number of aromatic nitrogens is 3. The van der Waals surface area contributed by atoms with Crippen LogP contribution in [-0.4, -0.2) is 20.6 Å². The summed E-state index contributed by atoms with van der Waals surface area (Å²) >= 11 is 1.65. The van der Waals surface area contributed by atoms with Crippen molar-refractivity contribution >= 4 is 22.5 Å². The molecule has 0 bridgehead atoms. The quantitative estimate of drug-likeness (QED) is 0.580. The lowest BCUT2D eigenvalue weighted by atomic mass is 10.0. The second-order valence-electron chi connectivity index (χ2n) is 4.93. The molecule has 0 spiro atoms. The summed E-state index contributed by atoms with van der Waals surface area (Å²) in [5.74, 6) is 7.91. The highest BCUT2D eigenvalue weighted by atomic mass is 32.2.